The summed E-state index contributed by atoms with van der Waals surface area (Å²) in [6.45, 7) is 0.710. The molecule has 1 heterocycles. The zero-order valence-corrected chi connectivity index (χ0v) is 11.1. The number of hydrogen-bond donors (Lipinski definition) is 1. The van der Waals surface area contributed by atoms with E-state index >= 15 is 0 Å². The van der Waals surface area contributed by atoms with Crippen molar-refractivity contribution in [1.29, 1.82) is 0 Å². The number of benzene rings is 2. The number of aliphatic hydroxyl groups excluding tert-OH is 1. The second kappa shape index (κ2) is 5.63. The Labute approximate surface area is 117 Å². The summed E-state index contributed by atoms with van der Waals surface area (Å²) in [7, 11) is 0. The van der Waals surface area contributed by atoms with Crippen LogP contribution in [0, 0.1) is 5.82 Å². The molecule has 20 heavy (non-hydrogen) atoms. The first-order valence-corrected chi connectivity index (χ1v) is 6.86. The summed E-state index contributed by atoms with van der Waals surface area (Å²) in [6, 6.07) is 14.4. The van der Waals surface area contributed by atoms with Crippen LogP contribution in [0.15, 0.2) is 48.5 Å². The van der Waals surface area contributed by atoms with Crippen LogP contribution in [-0.2, 0) is 0 Å². The molecule has 0 amide bonds. The average Bonchev–Trinajstić information content (AvgIpc) is 2.89. The van der Waals surface area contributed by atoms with Gasteiger partial charge in [0.15, 0.2) is 0 Å². The molecule has 2 nitrogen and oxygen atoms in total. The predicted molar refractivity (Wildman–Crippen MR) is 75.5 cm³/mol. The third-order valence-corrected chi connectivity index (χ3v) is 3.93. The number of aliphatic hydroxyl groups is 1. The number of fused-ring (bicyclic) bond motifs is 1. The van der Waals surface area contributed by atoms with Crippen LogP contribution in [0.2, 0.25) is 0 Å². The maximum Gasteiger partial charge on any atom is 0.123 e. The van der Waals surface area contributed by atoms with E-state index in [9.17, 15) is 9.50 Å². The van der Waals surface area contributed by atoms with Crippen molar-refractivity contribution in [2.45, 2.75) is 18.3 Å². The maximum absolute atomic E-state index is 13.0. The summed E-state index contributed by atoms with van der Waals surface area (Å²) >= 11 is 0. The lowest BCUT2D eigenvalue weighted by atomic mass is 9.86. The summed E-state index contributed by atoms with van der Waals surface area (Å²) in [5.41, 5.74) is 2.17. The van der Waals surface area contributed by atoms with Crippen molar-refractivity contribution in [2.24, 2.45) is 0 Å². The smallest absolute Gasteiger partial charge is 0.123 e. The molecule has 3 rings (SSSR count). The van der Waals surface area contributed by atoms with Crippen molar-refractivity contribution >= 4 is 0 Å². The van der Waals surface area contributed by atoms with Gasteiger partial charge in [0.1, 0.15) is 11.6 Å². The molecule has 1 aliphatic rings. The van der Waals surface area contributed by atoms with Crippen LogP contribution in [-0.4, -0.2) is 18.3 Å². The van der Waals surface area contributed by atoms with Crippen molar-refractivity contribution in [3.63, 3.8) is 0 Å². The zero-order chi connectivity index (χ0) is 13.9. The Kier molecular flexibility index (Phi) is 3.70. The van der Waals surface area contributed by atoms with Gasteiger partial charge in [-0.3, -0.25) is 0 Å². The minimum absolute atomic E-state index is 0.00959. The maximum atomic E-state index is 13.0. The Morgan fingerprint density at radius 2 is 1.90 bits per heavy atom. The molecule has 3 heteroatoms. The lowest BCUT2D eigenvalue weighted by molar-refractivity contribution is 0.243. The van der Waals surface area contributed by atoms with Gasteiger partial charge in [-0.2, -0.15) is 0 Å². The standard InChI is InChI=1S/C17H17FO2/c18-15-7-5-12(6-8-15)13(10-19)9-14-11-20-17-4-2-1-3-16(14)17/h1-8,13-14,19H,9-11H2. The average molecular weight is 272 g/mol. The Morgan fingerprint density at radius 3 is 2.65 bits per heavy atom. The molecule has 0 spiro atoms. The summed E-state index contributed by atoms with van der Waals surface area (Å²) in [5.74, 6) is 0.983. The summed E-state index contributed by atoms with van der Waals surface area (Å²) < 4.78 is 18.6. The molecule has 2 unspecified atom stereocenters. The van der Waals surface area contributed by atoms with Gasteiger partial charge in [0.05, 0.1) is 6.61 Å². The van der Waals surface area contributed by atoms with Gasteiger partial charge in [0, 0.05) is 24.0 Å². The molecule has 0 bridgehead atoms. The highest BCUT2D eigenvalue weighted by Gasteiger charge is 2.26. The van der Waals surface area contributed by atoms with Crippen molar-refractivity contribution < 1.29 is 14.2 Å². The minimum atomic E-state index is -0.250. The molecule has 0 aliphatic carbocycles. The number of ether oxygens (including phenoxy) is 1. The van der Waals surface area contributed by atoms with E-state index in [4.69, 9.17) is 4.74 Å². The van der Waals surface area contributed by atoms with Gasteiger partial charge in [-0.15, -0.1) is 0 Å². The Bertz CT molecular complexity index is 580. The summed E-state index contributed by atoms with van der Waals surface area (Å²) in [5, 5.41) is 9.62. The van der Waals surface area contributed by atoms with Gasteiger partial charge in [-0.05, 0) is 30.2 Å². The van der Waals surface area contributed by atoms with Crippen LogP contribution < -0.4 is 4.74 Å². The topological polar surface area (TPSA) is 29.5 Å². The molecule has 0 saturated heterocycles. The van der Waals surface area contributed by atoms with Gasteiger partial charge in [0.2, 0.25) is 0 Å². The number of hydrogen-bond acceptors (Lipinski definition) is 2. The van der Waals surface area contributed by atoms with Crippen molar-refractivity contribution in [1.82, 2.24) is 0 Å². The quantitative estimate of drug-likeness (QED) is 0.923. The first kappa shape index (κ1) is 13.1. The van der Waals surface area contributed by atoms with Gasteiger partial charge < -0.3 is 9.84 Å². The zero-order valence-electron chi connectivity index (χ0n) is 11.1. The van der Waals surface area contributed by atoms with E-state index in [1.165, 1.54) is 17.7 Å². The molecule has 0 radical (unpaired) electrons. The molecule has 0 aromatic heterocycles. The number of para-hydroxylation sites is 1. The van der Waals surface area contributed by atoms with Gasteiger partial charge in [0.25, 0.3) is 0 Å². The summed E-state index contributed by atoms with van der Waals surface area (Å²) in [4.78, 5) is 0. The van der Waals surface area contributed by atoms with E-state index in [0.717, 1.165) is 17.7 Å². The van der Waals surface area contributed by atoms with Gasteiger partial charge >= 0.3 is 0 Å². The van der Waals surface area contributed by atoms with Crippen molar-refractivity contribution in [2.75, 3.05) is 13.2 Å². The van der Waals surface area contributed by atoms with Gasteiger partial charge in [-0.1, -0.05) is 30.3 Å². The van der Waals surface area contributed by atoms with E-state index in [1.807, 2.05) is 18.2 Å². The van der Waals surface area contributed by atoms with Crippen LogP contribution in [0.4, 0.5) is 4.39 Å². The lowest BCUT2D eigenvalue weighted by Crippen LogP contribution is -2.11. The molecular formula is C17H17FO2. The molecule has 2 aromatic rings. The van der Waals surface area contributed by atoms with E-state index < -0.39 is 0 Å². The predicted octanol–water partition coefficient (Wildman–Crippen LogP) is 3.47. The fraction of sp³-hybridized carbons (Fsp3) is 0.294. The second-order valence-electron chi connectivity index (χ2n) is 5.21. The monoisotopic (exact) mass is 272 g/mol. The highest BCUT2D eigenvalue weighted by molar-refractivity contribution is 5.40. The highest BCUT2D eigenvalue weighted by atomic mass is 19.1. The first-order valence-electron chi connectivity index (χ1n) is 6.86. The van der Waals surface area contributed by atoms with Crippen LogP contribution in [0.5, 0.6) is 5.75 Å². The highest BCUT2D eigenvalue weighted by Crippen LogP contribution is 2.39. The first-order chi connectivity index (χ1) is 9.78. The SMILES string of the molecule is OCC(CC1COc2ccccc21)c1ccc(F)cc1. The largest absolute Gasteiger partial charge is 0.493 e. The van der Waals surface area contributed by atoms with E-state index in [-0.39, 0.29) is 24.3 Å². The van der Waals surface area contributed by atoms with Crippen molar-refractivity contribution in [3.05, 3.63) is 65.5 Å². The Morgan fingerprint density at radius 1 is 1.15 bits per heavy atom. The van der Waals surface area contributed by atoms with E-state index in [2.05, 4.69) is 6.07 Å². The normalized spacial score (nSPS) is 18.4. The Hall–Kier alpha value is -1.87. The fourth-order valence-electron chi connectivity index (χ4n) is 2.82. The van der Waals surface area contributed by atoms with E-state index in [0.29, 0.717) is 6.61 Å². The van der Waals surface area contributed by atoms with Gasteiger partial charge in [-0.25, -0.2) is 4.39 Å². The van der Waals surface area contributed by atoms with Crippen molar-refractivity contribution in [3.8, 4) is 5.75 Å². The summed E-state index contributed by atoms with van der Waals surface area (Å²) in [6.07, 6.45) is 0.805. The molecule has 0 saturated carbocycles. The third kappa shape index (κ3) is 2.54. The molecular weight excluding hydrogens is 255 g/mol. The Balaban J connectivity index is 1.78. The second-order valence-corrected chi connectivity index (χ2v) is 5.21. The number of rotatable bonds is 4. The molecule has 2 aromatic carbocycles. The molecule has 1 aliphatic heterocycles. The third-order valence-electron chi connectivity index (χ3n) is 3.93. The van der Waals surface area contributed by atoms with Crippen LogP contribution >= 0.6 is 0 Å². The lowest BCUT2D eigenvalue weighted by Gasteiger charge is -2.18. The molecule has 1 N–H and O–H groups in total. The molecule has 2 atom stereocenters. The molecule has 0 fully saturated rings. The minimum Gasteiger partial charge on any atom is -0.493 e. The van der Waals surface area contributed by atoms with Crippen LogP contribution in [0.3, 0.4) is 0 Å². The van der Waals surface area contributed by atoms with E-state index in [1.54, 1.807) is 12.1 Å². The number of halogens is 1. The fourth-order valence-corrected chi connectivity index (χ4v) is 2.82. The van der Waals surface area contributed by atoms with Crippen LogP contribution in [0.25, 0.3) is 0 Å². The molecule has 104 valence electrons. The van der Waals surface area contributed by atoms with Crippen LogP contribution in [0.1, 0.15) is 29.4 Å².